The second-order valence-corrected chi connectivity index (χ2v) is 6.72. The molecule has 0 bridgehead atoms. The number of aryl methyl sites for hydroxylation is 1. The van der Waals surface area contributed by atoms with Crippen LogP contribution >= 0.6 is 0 Å². The average molecular weight is 366 g/mol. The predicted molar refractivity (Wildman–Crippen MR) is 115 cm³/mol. The van der Waals surface area contributed by atoms with Crippen molar-refractivity contribution in [1.82, 2.24) is 0 Å². The van der Waals surface area contributed by atoms with E-state index in [1.54, 1.807) is 7.11 Å². The molecule has 0 unspecified atom stereocenters. The van der Waals surface area contributed by atoms with Crippen LogP contribution in [-0.4, -0.2) is 7.11 Å². The van der Waals surface area contributed by atoms with Gasteiger partial charge >= 0.3 is 0 Å². The minimum absolute atomic E-state index is 0.801. The number of rotatable bonds is 5. The van der Waals surface area contributed by atoms with Crippen LogP contribution in [0, 0.1) is 6.92 Å². The molecule has 0 saturated heterocycles. The molecule has 2 nitrogen and oxygen atoms in total. The van der Waals surface area contributed by atoms with Gasteiger partial charge in [-0.3, -0.25) is 0 Å². The standard InChI is InChI=1S/C26H22O2/c1-19-8-10-20(11-9-19)21-12-14-23(15-13-21)28-26-17-16-24(27-2)18-25(26)22-6-4-3-5-7-22/h3-18H,1-2H3. The fraction of sp³-hybridized carbons (Fsp3) is 0.0769. The first-order valence-corrected chi connectivity index (χ1v) is 9.31. The van der Waals surface area contributed by atoms with Gasteiger partial charge in [0.2, 0.25) is 0 Å². The molecule has 0 heterocycles. The molecule has 28 heavy (non-hydrogen) atoms. The van der Waals surface area contributed by atoms with Crippen molar-refractivity contribution in [2.24, 2.45) is 0 Å². The molecule has 0 fully saturated rings. The maximum Gasteiger partial charge on any atom is 0.135 e. The third-order valence-electron chi connectivity index (χ3n) is 4.74. The Morgan fingerprint density at radius 3 is 1.82 bits per heavy atom. The fourth-order valence-corrected chi connectivity index (χ4v) is 3.16. The predicted octanol–water partition coefficient (Wildman–Crippen LogP) is 7.13. The molecule has 4 aromatic rings. The Bertz CT molecular complexity index is 1050. The number of benzene rings is 4. The third kappa shape index (κ3) is 3.91. The molecule has 0 aromatic heterocycles. The van der Waals surface area contributed by atoms with Crippen LogP contribution in [0.15, 0.2) is 97.1 Å². The van der Waals surface area contributed by atoms with E-state index in [0.717, 1.165) is 28.4 Å². The van der Waals surface area contributed by atoms with Gasteiger partial charge in [-0.25, -0.2) is 0 Å². The smallest absolute Gasteiger partial charge is 0.135 e. The second kappa shape index (κ2) is 8.01. The molecule has 0 aliphatic rings. The number of methoxy groups -OCH3 is 1. The van der Waals surface area contributed by atoms with Gasteiger partial charge in [0.05, 0.1) is 7.11 Å². The van der Waals surface area contributed by atoms with E-state index >= 15 is 0 Å². The van der Waals surface area contributed by atoms with Crippen molar-refractivity contribution < 1.29 is 9.47 Å². The zero-order chi connectivity index (χ0) is 19.3. The second-order valence-electron chi connectivity index (χ2n) is 6.72. The molecule has 0 radical (unpaired) electrons. The van der Waals surface area contributed by atoms with Gasteiger partial charge in [-0.05, 0) is 53.9 Å². The molecule has 0 aliphatic heterocycles. The first-order valence-electron chi connectivity index (χ1n) is 9.31. The minimum atomic E-state index is 0.801. The van der Waals surface area contributed by atoms with Crippen molar-refractivity contribution in [2.45, 2.75) is 6.92 Å². The number of hydrogen-bond donors (Lipinski definition) is 0. The van der Waals surface area contributed by atoms with E-state index in [9.17, 15) is 0 Å². The summed E-state index contributed by atoms with van der Waals surface area (Å²) in [6.07, 6.45) is 0. The van der Waals surface area contributed by atoms with E-state index in [1.807, 2.05) is 48.5 Å². The summed E-state index contributed by atoms with van der Waals surface area (Å²) in [7, 11) is 1.68. The highest BCUT2D eigenvalue weighted by atomic mass is 16.5. The van der Waals surface area contributed by atoms with Gasteiger partial charge in [0.25, 0.3) is 0 Å². The van der Waals surface area contributed by atoms with Crippen molar-refractivity contribution in [3.05, 3.63) is 103 Å². The topological polar surface area (TPSA) is 18.5 Å². The van der Waals surface area contributed by atoms with Crippen LogP contribution in [-0.2, 0) is 0 Å². The van der Waals surface area contributed by atoms with E-state index in [1.165, 1.54) is 16.7 Å². The fourth-order valence-electron chi connectivity index (χ4n) is 3.16. The van der Waals surface area contributed by atoms with E-state index < -0.39 is 0 Å². The summed E-state index contributed by atoms with van der Waals surface area (Å²) >= 11 is 0. The van der Waals surface area contributed by atoms with Crippen LogP contribution in [0.25, 0.3) is 22.3 Å². The quantitative estimate of drug-likeness (QED) is 0.374. The first kappa shape index (κ1) is 17.9. The highest BCUT2D eigenvalue weighted by Gasteiger charge is 2.09. The minimum Gasteiger partial charge on any atom is -0.497 e. The Labute approximate surface area is 166 Å². The normalized spacial score (nSPS) is 10.5. The molecule has 0 amide bonds. The Balaban J connectivity index is 1.63. The van der Waals surface area contributed by atoms with Crippen LogP contribution in [0.3, 0.4) is 0 Å². The van der Waals surface area contributed by atoms with Crippen molar-refractivity contribution in [3.63, 3.8) is 0 Å². The zero-order valence-corrected chi connectivity index (χ0v) is 16.1. The van der Waals surface area contributed by atoms with E-state index in [-0.39, 0.29) is 0 Å². The van der Waals surface area contributed by atoms with Gasteiger partial charge in [-0.2, -0.15) is 0 Å². The first-order chi connectivity index (χ1) is 13.7. The van der Waals surface area contributed by atoms with Gasteiger partial charge < -0.3 is 9.47 Å². The van der Waals surface area contributed by atoms with Gasteiger partial charge in [0, 0.05) is 5.56 Å². The molecular weight excluding hydrogens is 344 g/mol. The lowest BCUT2D eigenvalue weighted by atomic mass is 10.0. The van der Waals surface area contributed by atoms with Crippen LogP contribution < -0.4 is 9.47 Å². The van der Waals surface area contributed by atoms with Crippen LogP contribution in [0.4, 0.5) is 0 Å². The molecule has 138 valence electrons. The lowest BCUT2D eigenvalue weighted by molar-refractivity contribution is 0.413. The van der Waals surface area contributed by atoms with Crippen LogP contribution in [0.1, 0.15) is 5.56 Å². The van der Waals surface area contributed by atoms with E-state index in [2.05, 4.69) is 55.5 Å². The van der Waals surface area contributed by atoms with Gasteiger partial charge in [0.15, 0.2) is 0 Å². The summed E-state index contributed by atoms with van der Waals surface area (Å²) < 4.78 is 11.6. The van der Waals surface area contributed by atoms with Gasteiger partial charge in [-0.15, -0.1) is 0 Å². The summed E-state index contributed by atoms with van der Waals surface area (Å²) in [6.45, 7) is 2.10. The number of ether oxygens (including phenoxy) is 2. The van der Waals surface area contributed by atoms with Crippen molar-refractivity contribution in [1.29, 1.82) is 0 Å². The summed E-state index contributed by atoms with van der Waals surface area (Å²) in [5, 5.41) is 0. The largest absolute Gasteiger partial charge is 0.497 e. The summed E-state index contributed by atoms with van der Waals surface area (Å²) in [6, 6.07) is 32.8. The molecule has 4 aromatic carbocycles. The van der Waals surface area contributed by atoms with Crippen molar-refractivity contribution in [2.75, 3.05) is 7.11 Å². The molecule has 0 N–H and O–H groups in total. The lowest BCUT2D eigenvalue weighted by Crippen LogP contribution is -1.91. The van der Waals surface area contributed by atoms with Crippen LogP contribution in [0.2, 0.25) is 0 Å². The summed E-state index contributed by atoms with van der Waals surface area (Å²) in [5.41, 5.74) is 5.73. The number of hydrogen-bond acceptors (Lipinski definition) is 2. The molecule has 0 atom stereocenters. The summed E-state index contributed by atoms with van der Waals surface area (Å²) in [4.78, 5) is 0. The van der Waals surface area contributed by atoms with Gasteiger partial charge in [-0.1, -0.05) is 72.3 Å². The van der Waals surface area contributed by atoms with Crippen molar-refractivity contribution >= 4 is 0 Å². The highest BCUT2D eigenvalue weighted by molar-refractivity contribution is 5.72. The molecule has 2 heteroatoms. The SMILES string of the molecule is COc1ccc(Oc2ccc(-c3ccc(C)cc3)cc2)c(-c2ccccc2)c1. The maximum absolute atomic E-state index is 6.22. The summed E-state index contributed by atoms with van der Waals surface area (Å²) in [5.74, 6) is 2.41. The van der Waals surface area contributed by atoms with Gasteiger partial charge in [0.1, 0.15) is 17.2 Å². The Morgan fingerprint density at radius 1 is 0.571 bits per heavy atom. The third-order valence-corrected chi connectivity index (χ3v) is 4.74. The highest BCUT2D eigenvalue weighted by Crippen LogP contribution is 2.36. The van der Waals surface area contributed by atoms with E-state index in [4.69, 9.17) is 9.47 Å². The van der Waals surface area contributed by atoms with Crippen molar-refractivity contribution in [3.8, 4) is 39.5 Å². The molecule has 4 rings (SSSR count). The maximum atomic E-state index is 6.22. The monoisotopic (exact) mass is 366 g/mol. The van der Waals surface area contributed by atoms with E-state index in [0.29, 0.717) is 0 Å². The molecule has 0 aliphatic carbocycles. The molecule has 0 spiro atoms. The Kier molecular flexibility index (Phi) is 5.11. The zero-order valence-electron chi connectivity index (χ0n) is 16.1. The molecular formula is C26H22O2. The molecule has 0 saturated carbocycles. The lowest BCUT2D eigenvalue weighted by Gasteiger charge is -2.13. The van der Waals surface area contributed by atoms with Crippen LogP contribution in [0.5, 0.6) is 17.2 Å². The Morgan fingerprint density at radius 2 is 1.18 bits per heavy atom. The average Bonchev–Trinajstić information content (AvgIpc) is 2.76. The Hall–Kier alpha value is -3.52.